The molecule has 0 spiro atoms. The van der Waals surface area contributed by atoms with Crippen molar-refractivity contribution >= 4 is 28.8 Å². The summed E-state index contributed by atoms with van der Waals surface area (Å²) < 4.78 is 11.6. The molecule has 0 aliphatic carbocycles. The van der Waals surface area contributed by atoms with Crippen LogP contribution >= 0.6 is 22.9 Å². The monoisotopic (exact) mass is 428 g/mol. The van der Waals surface area contributed by atoms with E-state index in [1.807, 2.05) is 48.5 Å². The van der Waals surface area contributed by atoms with Gasteiger partial charge in [-0.15, -0.1) is 11.3 Å². The highest BCUT2D eigenvalue weighted by Crippen LogP contribution is 2.32. The molecule has 0 bridgehead atoms. The Morgan fingerprint density at radius 2 is 2.17 bits per heavy atom. The number of hydrogen-bond donors (Lipinski definition) is 1. The number of amides is 1. The molecule has 1 aliphatic heterocycles. The molecule has 7 heteroatoms. The number of nitrogens with one attached hydrogen (secondary N) is 1. The van der Waals surface area contributed by atoms with Gasteiger partial charge in [0.15, 0.2) is 0 Å². The summed E-state index contributed by atoms with van der Waals surface area (Å²) in [6.07, 6.45) is 2.14. The number of halogens is 1. The predicted octanol–water partition coefficient (Wildman–Crippen LogP) is 4.95. The van der Waals surface area contributed by atoms with E-state index in [-0.39, 0.29) is 12.0 Å². The number of para-hydroxylation sites is 1. The van der Waals surface area contributed by atoms with Crippen LogP contribution in [0.15, 0.2) is 53.9 Å². The van der Waals surface area contributed by atoms with Crippen LogP contribution in [0.1, 0.15) is 28.9 Å². The van der Waals surface area contributed by atoms with Crippen LogP contribution < -0.4 is 10.1 Å². The van der Waals surface area contributed by atoms with Gasteiger partial charge in [0.05, 0.1) is 11.7 Å². The Kier molecular flexibility index (Phi) is 6.44. The number of nitrogens with zero attached hydrogens (tertiary/aromatic N) is 1. The number of carbonyl (C=O) groups excluding carboxylic acids is 1. The van der Waals surface area contributed by atoms with E-state index in [0.717, 1.165) is 35.6 Å². The highest BCUT2D eigenvalue weighted by Gasteiger charge is 2.19. The minimum Gasteiger partial charge on any atom is -0.488 e. The molecule has 1 aliphatic rings. The summed E-state index contributed by atoms with van der Waals surface area (Å²) in [4.78, 5) is 16.9. The SMILES string of the molecule is O=C(NCC1CCCO1)c1csc(-c2ccccc2OCc2cccc(Cl)c2)n1. The Morgan fingerprint density at radius 3 is 3.00 bits per heavy atom. The van der Waals surface area contributed by atoms with Crippen molar-refractivity contribution < 1.29 is 14.3 Å². The Hall–Kier alpha value is -2.41. The normalized spacial score (nSPS) is 16.0. The summed E-state index contributed by atoms with van der Waals surface area (Å²) in [7, 11) is 0. The van der Waals surface area contributed by atoms with Crippen LogP contribution in [0.5, 0.6) is 5.75 Å². The second kappa shape index (κ2) is 9.39. The van der Waals surface area contributed by atoms with Crippen molar-refractivity contribution in [2.45, 2.75) is 25.6 Å². The standard InChI is InChI=1S/C22H21ClN2O3S/c23-16-6-3-5-15(11-16)13-28-20-9-2-1-8-18(20)22-25-19(14-29-22)21(26)24-12-17-7-4-10-27-17/h1-3,5-6,8-9,11,14,17H,4,7,10,12-13H2,(H,24,26). The number of benzene rings is 2. The Balaban J connectivity index is 1.44. The molecule has 29 heavy (non-hydrogen) atoms. The van der Waals surface area contributed by atoms with Crippen LogP contribution in [0.4, 0.5) is 0 Å². The molecule has 3 aromatic rings. The van der Waals surface area contributed by atoms with E-state index in [0.29, 0.717) is 29.6 Å². The fourth-order valence-electron chi connectivity index (χ4n) is 3.16. The van der Waals surface area contributed by atoms with Crippen molar-refractivity contribution in [2.75, 3.05) is 13.2 Å². The lowest BCUT2D eigenvalue weighted by Gasteiger charge is -2.10. The van der Waals surface area contributed by atoms with Crippen molar-refractivity contribution in [3.05, 3.63) is 70.2 Å². The molecule has 2 heterocycles. The summed E-state index contributed by atoms with van der Waals surface area (Å²) in [6, 6.07) is 15.3. The van der Waals surface area contributed by atoms with Gasteiger partial charge >= 0.3 is 0 Å². The third-order valence-electron chi connectivity index (χ3n) is 4.65. The van der Waals surface area contributed by atoms with Crippen LogP contribution in [0.25, 0.3) is 10.6 Å². The highest BCUT2D eigenvalue weighted by atomic mass is 35.5. The maximum atomic E-state index is 12.4. The van der Waals surface area contributed by atoms with Crippen molar-refractivity contribution in [3.8, 4) is 16.3 Å². The molecule has 0 saturated carbocycles. The molecule has 1 aromatic heterocycles. The second-order valence-electron chi connectivity index (χ2n) is 6.80. The van der Waals surface area contributed by atoms with Gasteiger partial charge < -0.3 is 14.8 Å². The van der Waals surface area contributed by atoms with Gasteiger partial charge in [0.2, 0.25) is 0 Å². The predicted molar refractivity (Wildman–Crippen MR) is 115 cm³/mol. The molecule has 1 N–H and O–H groups in total. The third-order valence-corrected chi connectivity index (χ3v) is 5.76. The van der Waals surface area contributed by atoms with Gasteiger partial charge in [-0.25, -0.2) is 4.98 Å². The summed E-state index contributed by atoms with van der Waals surface area (Å²) in [5.74, 6) is 0.536. The zero-order valence-electron chi connectivity index (χ0n) is 15.8. The first-order chi connectivity index (χ1) is 14.2. The zero-order chi connectivity index (χ0) is 20.1. The molecule has 4 rings (SSSR count). The molecule has 1 saturated heterocycles. The van der Waals surface area contributed by atoms with E-state index in [1.54, 1.807) is 5.38 Å². The minimum atomic E-state index is -0.180. The van der Waals surface area contributed by atoms with Gasteiger partial charge in [-0.05, 0) is 42.7 Å². The van der Waals surface area contributed by atoms with Crippen molar-refractivity contribution in [2.24, 2.45) is 0 Å². The molecular formula is C22H21ClN2O3S. The first-order valence-corrected chi connectivity index (χ1v) is 10.8. The molecule has 1 unspecified atom stereocenters. The highest BCUT2D eigenvalue weighted by molar-refractivity contribution is 7.13. The quantitative estimate of drug-likeness (QED) is 0.578. The molecule has 150 valence electrons. The van der Waals surface area contributed by atoms with E-state index < -0.39 is 0 Å². The largest absolute Gasteiger partial charge is 0.488 e. The van der Waals surface area contributed by atoms with Crippen molar-refractivity contribution in [1.82, 2.24) is 10.3 Å². The van der Waals surface area contributed by atoms with Crippen LogP contribution in [-0.2, 0) is 11.3 Å². The molecule has 2 aromatic carbocycles. The van der Waals surface area contributed by atoms with Crippen LogP contribution in [0.3, 0.4) is 0 Å². The van der Waals surface area contributed by atoms with Crippen LogP contribution in [-0.4, -0.2) is 30.1 Å². The molecule has 0 radical (unpaired) electrons. The summed E-state index contributed by atoms with van der Waals surface area (Å²) in [6.45, 7) is 1.69. The van der Waals surface area contributed by atoms with Gasteiger partial charge in [-0.1, -0.05) is 35.9 Å². The van der Waals surface area contributed by atoms with Gasteiger partial charge in [-0.2, -0.15) is 0 Å². The number of rotatable bonds is 7. The van der Waals surface area contributed by atoms with Gasteiger partial charge in [0.25, 0.3) is 5.91 Å². The van der Waals surface area contributed by atoms with Gasteiger partial charge in [0.1, 0.15) is 23.1 Å². The van der Waals surface area contributed by atoms with Crippen LogP contribution in [0.2, 0.25) is 5.02 Å². The fraction of sp³-hybridized carbons (Fsp3) is 0.273. The Morgan fingerprint density at radius 1 is 1.28 bits per heavy atom. The molecular weight excluding hydrogens is 408 g/mol. The number of ether oxygens (including phenoxy) is 2. The lowest BCUT2D eigenvalue weighted by Crippen LogP contribution is -2.31. The fourth-order valence-corrected chi connectivity index (χ4v) is 4.20. The van der Waals surface area contributed by atoms with Crippen LogP contribution in [0, 0.1) is 0 Å². The Bertz CT molecular complexity index is 985. The maximum absolute atomic E-state index is 12.4. The van der Waals surface area contributed by atoms with E-state index >= 15 is 0 Å². The minimum absolute atomic E-state index is 0.109. The second-order valence-corrected chi connectivity index (χ2v) is 8.09. The van der Waals surface area contributed by atoms with E-state index in [9.17, 15) is 4.79 Å². The first-order valence-electron chi connectivity index (χ1n) is 9.51. The smallest absolute Gasteiger partial charge is 0.270 e. The van der Waals surface area contributed by atoms with Crippen molar-refractivity contribution in [3.63, 3.8) is 0 Å². The van der Waals surface area contributed by atoms with Gasteiger partial charge in [-0.3, -0.25) is 4.79 Å². The summed E-state index contributed by atoms with van der Waals surface area (Å²) >= 11 is 7.47. The summed E-state index contributed by atoms with van der Waals surface area (Å²) in [5, 5.41) is 6.10. The van der Waals surface area contributed by atoms with E-state index in [1.165, 1.54) is 11.3 Å². The lowest BCUT2D eigenvalue weighted by atomic mass is 10.2. The first kappa shape index (κ1) is 19.9. The summed E-state index contributed by atoms with van der Waals surface area (Å²) in [5.41, 5.74) is 2.26. The third kappa shape index (κ3) is 5.15. The molecule has 5 nitrogen and oxygen atoms in total. The average Bonchev–Trinajstić information content (AvgIpc) is 3.43. The zero-order valence-corrected chi connectivity index (χ0v) is 17.3. The number of aromatic nitrogens is 1. The maximum Gasteiger partial charge on any atom is 0.270 e. The topological polar surface area (TPSA) is 60.5 Å². The van der Waals surface area contributed by atoms with E-state index in [4.69, 9.17) is 21.1 Å². The number of thiazole rings is 1. The van der Waals surface area contributed by atoms with E-state index in [2.05, 4.69) is 10.3 Å². The van der Waals surface area contributed by atoms with Crippen molar-refractivity contribution in [1.29, 1.82) is 0 Å². The lowest BCUT2D eigenvalue weighted by molar-refractivity contribution is 0.0854. The molecule has 1 fully saturated rings. The average molecular weight is 429 g/mol. The molecule has 1 atom stereocenters. The number of carbonyl (C=O) groups is 1. The van der Waals surface area contributed by atoms with Gasteiger partial charge in [0, 0.05) is 23.6 Å². The number of hydrogen-bond acceptors (Lipinski definition) is 5. The molecule has 1 amide bonds. The Labute approximate surface area is 178 Å².